The van der Waals surface area contributed by atoms with Gasteiger partial charge in [0.2, 0.25) is 5.91 Å². The predicted molar refractivity (Wildman–Crippen MR) is 87.2 cm³/mol. The van der Waals surface area contributed by atoms with Crippen LogP contribution in [0.25, 0.3) is 0 Å². The molecule has 0 bridgehead atoms. The van der Waals surface area contributed by atoms with E-state index in [4.69, 9.17) is 0 Å². The van der Waals surface area contributed by atoms with E-state index in [1.54, 1.807) is 6.20 Å². The van der Waals surface area contributed by atoms with Gasteiger partial charge in [-0.1, -0.05) is 55.7 Å². The van der Waals surface area contributed by atoms with Gasteiger partial charge < -0.3 is 5.32 Å². The Morgan fingerprint density at radius 1 is 1.00 bits per heavy atom. The summed E-state index contributed by atoms with van der Waals surface area (Å²) in [5.74, 6) is 0.322. The van der Waals surface area contributed by atoms with Crippen LogP contribution in [0.4, 0.5) is 0 Å². The van der Waals surface area contributed by atoms with Crippen LogP contribution in [-0.2, 0) is 4.79 Å². The van der Waals surface area contributed by atoms with Gasteiger partial charge in [0, 0.05) is 12.1 Å². The van der Waals surface area contributed by atoms with Gasteiger partial charge in [0.15, 0.2) is 0 Å². The van der Waals surface area contributed by atoms with Gasteiger partial charge in [0.05, 0.1) is 11.7 Å². The summed E-state index contributed by atoms with van der Waals surface area (Å²) >= 11 is 0. The van der Waals surface area contributed by atoms with E-state index in [0.717, 1.165) is 36.9 Å². The molecule has 1 amide bonds. The molecule has 3 heteroatoms. The van der Waals surface area contributed by atoms with Crippen molar-refractivity contribution in [2.75, 3.05) is 0 Å². The summed E-state index contributed by atoms with van der Waals surface area (Å²) in [5, 5.41) is 3.22. The van der Waals surface area contributed by atoms with E-state index in [-0.39, 0.29) is 17.9 Å². The molecule has 1 aromatic heterocycles. The number of aromatic nitrogens is 1. The smallest absolute Gasteiger partial charge is 0.223 e. The van der Waals surface area contributed by atoms with Crippen molar-refractivity contribution in [3.8, 4) is 0 Å². The van der Waals surface area contributed by atoms with Gasteiger partial charge in [-0.2, -0.15) is 0 Å². The van der Waals surface area contributed by atoms with Gasteiger partial charge in [-0.15, -0.1) is 0 Å². The lowest BCUT2D eigenvalue weighted by atomic mass is 9.88. The van der Waals surface area contributed by atoms with E-state index >= 15 is 0 Å². The molecule has 1 N–H and O–H groups in total. The van der Waals surface area contributed by atoms with Crippen molar-refractivity contribution in [1.82, 2.24) is 10.3 Å². The second-order valence-corrected chi connectivity index (χ2v) is 5.94. The fourth-order valence-electron chi connectivity index (χ4n) is 3.15. The molecular formula is C19H22N2O. The lowest BCUT2D eigenvalue weighted by molar-refractivity contribution is -0.126. The molecule has 0 unspecified atom stereocenters. The van der Waals surface area contributed by atoms with Crippen molar-refractivity contribution in [2.24, 2.45) is 5.92 Å². The number of pyridine rings is 1. The standard InChI is InChI=1S/C19H22N2O/c22-19(16-11-5-2-6-12-16)21-18(15-9-3-1-4-10-15)17-13-7-8-14-20-17/h1,3-4,7-10,13-14,16,18H,2,5-6,11-12H2,(H,21,22)/t18-/m0/s1. The highest BCUT2D eigenvalue weighted by molar-refractivity contribution is 5.79. The van der Waals surface area contributed by atoms with Gasteiger partial charge in [-0.3, -0.25) is 9.78 Å². The largest absolute Gasteiger partial charge is 0.343 e. The molecule has 1 aliphatic rings. The first kappa shape index (κ1) is 14.8. The van der Waals surface area contributed by atoms with E-state index < -0.39 is 0 Å². The van der Waals surface area contributed by atoms with Crippen LogP contribution in [0.5, 0.6) is 0 Å². The molecule has 0 spiro atoms. The molecule has 1 aliphatic carbocycles. The Morgan fingerprint density at radius 3 is 2.41 bits per heavy atom. The molecular weight excluding hydrogens is 272 g/mol. The van der Waals surface area contributed by atoms with Gasteiger partial charge in [-0.05, 0) is 30.5 Å². The first-order chi connectivity index (χ1) is 10.8. The maximum absolute atomic E-state index is 12.6. The number of hydrogen-bond acceptors (Lipinski definition) is 2. The molecule has 1 heterocycles. The van der Waals surface area contributed by atoms with Gasteiger partial charge in [-0.25, -0.2) is 0 Å². The molecule has 1 fully saturated rings. The summed E-state index contributed by atoms with van der Waals surface area (Å²) in [4.78, 5) is 17.1. The maximum Gasteiger partial charge on any atom is 0.223 e. The molecule has 22 heavy (non-hydrogen) atoms. The van der Waals surface area contributed by atoms with Gasteiger partial charge in [0.25, 0.3) is 0 Å². The summed E-state index contributed by atoms with van der Waals surface area (Å²) in [7, 11) is 0. The van der Waals surface area contributed by atoms with E-state index in [1.807, 2.05) is 48.5 Å². The molecule has 1 aromatic carbocycles. The van der Waals surface area contributed by atoms with Crippen LogP contribution in [-0.4, -0.2) is 10.9 Å². The zero-order valence-electron chi connectivity index (χ0n) is 12.7. The molecule has 0 radical (unpaired) electrons. The first-order valence-corrected chi connectivity index (χ1v) is 8.11. The summed E-state index contributed by atoms with van der Waals surface area (Å²) < 4.78 is 0. The third-order valence-corrected chi connectivity index (χ3v) is 4.38. The topological polar surface area (TPSA) is 42.0 Å². The van der Waals surface area contributed by atoms with Crippen LogP contribution in [0.3, 0.4) is 0 Å². The predicted octanol–water partition coefficient (Wildman–Crippen LogP) is 3.87. The van der Waals surface area contributed by atoms with E-state index in [2.05, 4.69) is 10.3 Å². The highest BCUT2D eigenvalue weighted by atomic mass is 16.1. The Kier molecular flexibility index (Phi) is 4.84. The summed E-state index contributed by atoms with van der Waals surface area (Å²) in [5.41, 5.74) is 1.96. The van der Waals surface area contributed by atoms with Crippen molar-refractivity contribution in [3.63, 3.8) is 0 Å². The lowest BCUT2D eigenvalue weighted by Gasteiger charge is -2.25. The fourth-order valence-corrected chi connectivity index (χ4v) is 3.15. The number of carbonyl (C=O) groups is 1. The van der Waals surface area contributed by atoms with Crippen LogP contribution in [0.1, 0.15) is 49.4 Å². The molecule has 1 atom stereocenters. The van der Waals surface area contributed by atoms with Crippen molar-refractivity contribution >= 4 is 5.91 Å². The van der Waals surface area contributed by atoms with E-state index in [1.165, 1.54) is 6.42 Å². The lowest BCUT2D eigenvalue weighted by Crippen LogP contribution is -2.35. The van der Waals surface area contributed by atoms with Crippen molar-refractivity contribution in [2.45, 2.75) is 38.1 Å². The van der Waals surface area contributed by atoms with Gasteiger partial charge >= 0.3 is 0 Å². The second kappa shape index (κ2) is 7.21. The fraction of sp³-hybridized carbons (Fsp3) is 0.368. The molecule has 0 aliphatic heterocycles. The van der Waals surface area contributed by atoms with Crippen LogP contribution in [0.15, 0.2) is 54.7 Å². The third-order valence-electron chi connectivity index (χ3n) is 4.38. The maximum atomic E-state index is 12.6. The van der Waals surface area contributed by atoms with Crippen LogP contribution < -0.4 is 5.32 Å². The van der Waals surface area contributed by atoms with E-state index in [9.17, 15) is 4.79 Å². The second-order valence-electron chi connectivity index (χ2n) is 5.94. The van der Waals surface area contributed by atoms with Gasteiger partial charge in [0.1, 0.15) is 0 Å². The number of rotatable bonds is 4. The normalized spacial score (nSPS) is 16.9. The minimum absolute atomic E-state index is 0.156. The summed E-state index contributed by atoms with van der Waals surface area (Å²) in [6.07, 6.45) is 7.38. The number of carbonyl (C=O) groups excluding carboxylic acids is 1. The van der Waals surface area contributed by atoms with Crippen molar-refractivity contribution < 1.29 is 4.79 Å². The highest BCUT2D eigenvalue weighted by Gasteiger charge is 2.25. The molecule has 2 aromatic rings. The Bertz CT molecular complexity index is 552. The molecule has 3 nitrogen and oxygen atoms in total. The number of nitrogens with zero attached hydrogens (tertiary/aromatic N) is 1. The quantitative estimate of drug-likeness (QED) is 0.930. The molecule has 3 rings (SSSR count). The zero-order valence-corrected chi connectivity index (χ0v) is 12.7. The van der Waals surface area contributed by atoms with Crippen LogP contribution in [0, 0.1) is 5.92 Å². The monoisotopic (exact) mass is 294 g/mol. The van der Waals surface area contributed by atoms with Crippen molar-refractivity contribution in [1.29, 1.82) is 0 Å². The zero-order chi connectivity index (χ0) is 15.2. The number of benzene rings is 1. The summed E-state index contributed by atoms with van der Waals surface area (Å²) in [6, 6.07) is 15.7. The van der Waals surface area contributed by atoms with E-state index in [0.29, 0.717) is 0 Å². The van der Waals surface area contributed by atoms with Crippen molar-refractivity contribution in [3.05, 3.63) is 66.0 Å². The Hall–Kier alpha value is -2.16. The Labute approximate surface area is 131 Å². The Morgan fingerprint density at radius 2 is 1.73 bits per heavy atom. The highest BCUT2D eigenvalue weighted by Crippen LogP contribution is 2.26. The average molecular weight is 294 g/mol. The third kappa shape index (κ3) is 3.53. The number of amides is 1. The number of hydrogen-bond donors (Lipinski definition) is 1. The number of nitrogens with one attached hydrogen (secondary N) is 1. The summed E-state index contributed by atoms with van der Waals surface area (Å²) in [6.45, 7) is 0. The molecule has 0 saturated heterocycles. The minimum atomic E-state index is -0.170. The average Bonchev–Trinajstić information content (AvgIpc) is 2.62. The Balaban J connectivity index is 1.81. The molecule has 1 saturated carbocycles. The SMILES string of the molecule is O=C(N[C@@H](c1ccccc1)c1ccccn1)C1CCCCC1. The van der Waals surface area contributed by atoms with Crippen LogP contribution >= 0.6 is 0 Å². The van der Waals surface area contributed by atoms with Crippen LogP contribution in [0.2, 0.25) is 0 Å². The minimum Gasteiger partial charge on any atom is -0.343 e. The molecule has 114 valence electrons. The first-order valence-electron chi connectivity index (χ1n) is 8.11.